The van der Waals surface area contributed by atoms with E-state index in [0.29, 0.717) is 0 Å². The minimum absolute atomic E-state index is 0.281. The van der Waals surface area contributed by atoms with E-state index in [0.717, 1.165) is 6.42 Å². The van der Waals surface area contributed by atoms with Crippen LogP contribution < -0.4 is 0 Å². The first kappa shape index (κ1) is 12.5. The Labute approximate surface area is 95.6 Å². The molecule has 0 bridgehead atoms. The summed E-state index contributed by atoms with van der Waals surface area (Å²) in [5, 5.41) is 0. The fourth-order valence-electron chi connectivity index (χ4n) is 1.84. The van der Waals surface area contributed by atoms with Crippen LogP contribution in [0.4, 0.5) is 0 Å². The Morgan fingerprint density at radius 3 is 3.07 bits per heavy atom. The molecule has 0 saturated heterocycles. The van der Waals surface area contributed by atoms with Crippen molar-refractivity contribution in [1.29, 1.82) is 0 Å². The Balaban J connectivity index is 2.84. The van der Waals surface area contributed by atoms with Gasteiger partial charge in [-0.1, -0.05) is 56.9 Å². The zero-order valence-electron chi connectivity index (χ0n) is 9.87. The zero-order valence-corrected chi connectivity index (χ0v) is 10.8. The smallest absolute Gasteiger partial charge is 0.00784 e. The molecule has 0 radical (unpaired) electrons. The summed E-state index contributed by atoms with van der Waals surface area (Å²) in [6.45, 7) is 8.42. The van der Waals surface area contributed by atoms with Crippen molar-refractivity contribution in [3.8, 4) is 0 Å². The van der Waals surface area contributed by atoms with Crippen LogP contribution >= 0.6 is 8.20 Å². The maximum Gasteiger partial charge on any atom is 0.00784 e. The molecule has 0 aromatic heterocycles. The van der Waals surface area contributed by atoms with E-state index in [-0.39, 0.29) is 5.41 Å². The molecule has 1 aliphatic rings. The van der Waals surface area contributed by atoms with Gasteiger partial charge in [0.2, 0.25) is 0 Å². The normalized spacial score (nSPS) is 34.1. The van der Waals surface area contributed by atoms with E-state index < -0.39 is 0 Å². The average molecular weight is 220 g/mol. The van der Waals surface area contributed by atoms with Gasteiger partial charge in [-0.3, -0.25) is 0 Å². The molecule has 1 unspecified atom stereocenters. The molecule has 15 heavy (non-hydrogen) atoms. The van der Waals surface area contributed by atoms with Gasteiger partial charge in [-0.2, -0.15) is 0 Å². The quantitative estimate of drug-likeness (QED) is 0.609. The van der Waals surface area contributed by atoms with Gasteiger partial charge < -0.3 is 0 Å². The Kier molecular flexibility index (Phi) is 5.05. The molecule has 1 aliphatic heterocycles. The van der Waals surface area contributed by atoms with Crippen LogP contribution in [0, 0.1) is 5.41 Å². The first-order chi connectivity index (χ1) is 7.20. The SMILES string of the molecule is C=C/C1=C/C=C\C(C)(CCC)/C=P\CC1. The fraction of sp³-hybridized carbons (Fsp3) is 0.500. The summed E-state index contributed by atoms with van der Waals surface area (Å²) in [6, 6.07) is 0. The van der Waals surface area contributed by atoms with Gasteiger partial charge in [0.15, 0.2) is 0 Å². The van der Waals surface area contributed by atoms with Gasteiger partial charge >= 0.3 is 0 Å². The third-order valence-electron chi connectivity index (χ3n) is 2.75. The standard InChI is InChI=1S/C14H21P/c1-4-9-14(3)10-6-7-13(5-2)8-11-15-12-14/h5-7,10,12H,2,4,8-9,11H2,1,3H3/b10-6-,13-7-. The molecule has 0 saturated carbocycles. The molecular weight excluding hydrogens is 199 g/mol. The lowest BCUT2D eigenvalue weighted by Crippen LogP contribution is -2.13. The summed E-state index contributed by atoms with van der Waals surface area (Å²) in [4.78, 5) is 0. The first-order valence-electron chi connectivity index (χ1n) is 5.72. The summed E-state index contributed by atoms with van der Waals surface area (Å²) in [6.07, 6.45) is 13.6. The van der Waals surface area contributed by atoms with Crippen molar-refractivity contribution >= 4 is 14.0 Å². The third-order valence-corrected chi connectivity index (χ3v) is 4.01. The fourth-order valence-corrected chi connectivity index (χ4v) is 2.99. The van der Waals surface area contributed by atoms with Crippen LogP contribution in [0.15, 0.2) is 36.5 Å². The molecule has 1 heteroatoms. The Bertz CT molecular complexity index is 296. The summed E-state index contributed by atoms with van der Waals surface area (Å²) in [5.74, 6) is 2.45. The van der Waals surface area contributed by atoms with E-state index >= 15 is 0 Å². The number of allylic oxidation sites excluding steroid dienone is 5. The predicted octanol–water partition coefficient (Wildman–Crippen LogP) is 4.61. The van der Waals surface area contributed by atoms with Crippen LogP contribution in [0.25, 0.3) is 0 Å². The van der Waals surface area contributed by atoms with Crippen LogP contribution in [0.3, 0.4) is 0 Å². The largest absolute Gasteiger partial charge is 0.108 e. The molecule has 0 aromatic carbocycles. The van der Waals surface area contributed by atoms with Crippen molar-refractivity contribution in [3.63, 3.8) is 0 Å². The van der Waals surface area contributed by atoms with Gasteiger partial charge in [0.05, 0.1) is 0 Å². The van der Waals surface area contributed by atoms with Crippen molar-refractivity contribution in [1.82, 2.24) is 0 Å². The zero-order chi connectivity index (χ0) is 11.1. The molecular formula is C14H21P. The molecule has 0 nitrogen and oxygen atoms in total. The minimum atomic E-state index is 0.281. The lowest BCUT2D eigenvalue weighted by atomic mass is 9.87. The Hall–Kier alpha value is -0.610. The van der Waals surface area contributed by atoms with E-state index in [9.17, 15) is 0 Å². The first-order valence-corrected chi connectivity index (χ1v) is 6.87. The van der Waals surface area contributed by atoms with Crippen LogP contribution in [0.5, 0.6) is 0 Å². The molecule has 1 atom stereocenters. The summed E-state index contributed by atoms with van der Waals surface area (Å²) in [7, 11) is 1.46. The molecule has 82 valence electrons. The maximum absolute atomic E-state index is 3.84. The number of hydrogen-bond acceptors (Lipinski definition) is 0. The Morgan fingerprint density at radius 2 is 2.40 bits per heavy atom. The van der Waals surface area contributed by atoms with Crippen molar-refractivity contribution in [2.75, 3.05) is 6.16 Å². The molecule has 0 spiro atoms. The van der Waals surface area contributed by atoms with E-state index in [2.05, 4.69) is 44.5 Å². The van der Waals surface area contributed by atoms with E-state index in [1.165, 1.54) is 32.8 Å². The minimum Gasteiger partial charge on any atom is -0.108 e. The van der Waals surface area contributed by atoms with E-state index in [4.69, 9.17) is 0 Å². The molecule has 0 fully saturated rings. The molecule has 0 amide bonds. The second-order valence-corrected chi connectivity index (χ2v) is 5.42. The van der Waals surface area contributed by atoms with Gasteiger partial charge in [-0.25, -0.2) is 0 Å². The highest BCUT2D eigenvalue weighted by atomic mass is 31.1. The highest BCUT2D eigenvalue weighted by Crippen LogP contribution is 2.27. The molecule has 0 aliphatic carbocycles. The molecule has 1 heterocycles. The summed E-state index contributed by atoms with van der Waals surface area (Å²) >= 11 is 0. The second kappa shape index (κ2) is 6.08. The van der Waals surface area contributed by atoms with Gasteiger partial charge in [-0.05, 0) is 24.6 Å². The van der Waals surface area contributed by atoms with Crippen LogP contribution in [0.1, 0.15) is 33.1 Å². The second-order valence-electron chi connectivity index (χ2n) is 4.35. The summed E-state index contributed by atoms with van der Waals surface area (Å²) in [5.41, 5.74) is 1.64. The number of hydrogen-bond donors (Lipinski definition) is 0. The van der Waals surface area contributed by atoms with E-state index in [1.807, 2.05) is 6.08 Å². The van der Waals surface area contributed by atoms with Gasteiger partial charge in [0.25, 0.3) is 0 Å². The molecule has 1 rings (SSSR count). The van der Waals surface area contributed by atoms with Crippen molar-refractivity contribution < 1.29 is 0 Å². The highest BCUT2D eigenvalue weighted by Gasteiger charge is 2.15. The molecule has 0 N–H and O–H groups in total. The topological polar surface area (TPSA) is 0 Å². The van der Waals surface area contributed by atoms with Gasteiger partial charge in [0, 0.05) is 5.41 Å². The third kappa shape index (κ3) is 4.18. The monoisotopic (exact) mass is 220 g/mol. The maximum atomic E-state index is 3.84. The van der Waals surface area contributed by atoms with Gasteiger partial charge in [0.1, 0.15) is 0 Å². The van der Waals surface area contributed by atoms with E-state index in [1.54, 1.807) is 0 Å². The van der Waals surface area contributed by atoms with Crippen molar-refractivity contribution in [2.45, 2.75) is 33.1 Å². The van der Waals surface area contributed by atoms with Crippen LogP contribution in [-0.4, -0.2) is 12.0 Å². The van der Waals surface area contributed by atoms with Crippen LogP contribution in [0.2, 0.25) is 0 Å². The lowest BCUT2D eigenvalue weighted by molar-refractivity contribution is 0.546. The predicted molar refractivity (Wildman–Crippen MR) is 72.9 cm³/mol. The lowest BCUT2D eigenvalue weighted by Gasteiger charge is -2.20. The van der Waals surface area contributed by atoms with Crippen molar-refractivity contribution in [3.05, 3.63) is 36.5 Å². The Morgan fingerprint density at radius 1 is 1.60 bits per heavy atom. The average Bonchev–Trinajstić information content (AvgIpc) is 2.29. The highest BCUT2D eigenvalue weighted by molar-refractivity contribution is 7.38. The van der Waals surface area contributed by atoms with Crippen LogP contribution in [-0.2, 0) is 0 Å². The molecule has 0 aromatic rings. The van der Waals surface area contributed by atoms with Crippen molar-refractivity contribution in [2.24, 2.45) is 5.41 Å². The van der Waals surface area contributed by atoms with Gasteiger partial charge in [-0.15, -0.1) is 8.20 Å². The summed E-state index contributed by atoms with van der Waals surface area (Å²) < 4.78 is 0. The number of rotatable bonds is 3.